The second-order valence-corrected chi connectivity index (χ2v) is 7.04. The quantitative estimate of drug-likeness (QED) is 0.643. The van der Waals surface area contributed by atoms with Crippen molar-refractivity contribution in [3.8, 4) is 0 Å². The van der Waals surface area contributed by atoms with Crippen LogP contribution in [0.5, 0.6) is 0 Å². The van der Waals surface area contributed by atoms with E-state index in [1.807, 2.05) is 44.2 Å². The number of carboxylic acid groups (broad SMARTS) is 1. The minimum absolute atomic E-state index is 0.0426. The van der Waals surface area contributed by atoms with E-state index >= 15 is 0 Å². The van der Waals surface area contributed by atoms with Gasteiger partial charge in [0.1, 0.15) is 0 Å². The van der Waals surface area contributed by atoms with Crippen molar-refractivity contribution in [3.05, 3.63) is 75.8 Å². The van der Waals surface area contributed by atoms with Crippen LogP contribution >= 0.6 is 0 Å². The van der Waals surface area contributed by atoms with E-state index in [0.717, 1.165) is 16.7 Å². The first kappa shape index (κ1) is 20.3. The number of hydrogen-bond acceptors (Lipinski definition) is 4. The van der Waals surface area contributed by atoms with Gasteiger partial charge in [-0.2, -0.15) is 0 Å². The Bertz CT molecular complexity index is 1120. The third-order valence-corrected chi connectivity index (χ3v) is 4.91. The van der Waals surface area contributed by atoms with Crippen LogP contribution in [0.2, 0.25) is 0 Å². The van der Waals surface area contributed by atoms with E-state index in [9.17, 15) is 19.5 Å². The van der Waals surface area contributed by atoms with Crippen LogP contribution in [0.1, 0.15) is 35.6 Å². The number of benzene rings is 2. The second kappa shape index (κ2) is 8.68. The summed E-state index contributed by atoms with van der Waals surface area (Å²) in [5.74, 6) is -1.32. The van der Waals surface area contributed by atoms with Gasteiger partial charge in [0.15, 0.2) is 0 Å². The summed E-state index contributed by atoms with van der Waals surface area (Å²) in [5, 5.41) is 12.5. The Morgan fingerprint density at radius 1 is 1.10 bits per heavy atom. The summed E-state index contributed by atoms with van der Waals surface area (Å²) >= 11 is 0. The van der Waals surface area contributed by atoms with Crippen LogP contribution < -0.4 is 10.9 Å². The number of rotatable bonds is 7. The van der Waals surface area contributed by atoms with Gasteiger partial charge in [-0.1, -0.05) is 36.4 Å². The lowest BCUT2D eigenvalue weighted by atomic mass is 9.98. The van der Waals surface area contributed by atoms with Crippen LogP contribution in [-0.2, 0) is 16.1 Å². The first-order valence-electron chi connectivity index (χ1n) is 9.38. The summed E-state index contributed by atoms with van der Waals surface area (Å²) in [6.45, 7) is 3.93. The zero-order valence-corrected chi connectivity index (χ0v) is 16.4. The average Bonchev–Trinajstić information content (AvgIpc) is 2.67. The molecule has 1 unspecified atom stereocenters. The maximum Gasteiger partial charge on any atom is 0.305 e. The normalized spacial score (nSPS) is 11.9. The largest absolute Gasteiger partial charge is 0.481 e. The van der Waals surface area contributed by atoms with Crippen LogP contribution in [0.4, 0.5) is 0 Å². The van der Waals surface area contributed by atoms with Gasteiger partial charge in [0.25, 0.3) is 5.56 Å². The molecule has 0 saturated heterocycles. The molecular formula is C22H23N3O4. The number of carbonyl (C=O) groups excluding carboxylic acids is 1. The average molecular weight is 393 g/mol. The Morgan fingerprint density at radius 2 is 1.83 bits per heavy atom. The van der Waals surface area contributed by atoms with E-state index in [4.69, 9.17) is 0 Å². The lowest BCUT2D eigenvalue weighted by molar-refractivity contribution is -0.137. The van der Waals surface area contributed by atoms with Gasteiger partial charge in [-0.3, -0.25) is 19.0 Å². The van der Waals surface area contributed by atoms with Crippen molar-refractivity contribution in [1.82, 2.24) is 14.9 Å². The van der Waals surface area contributed by atoms with Crippen molar-refractivity contribution in [2.75, 3.05) is 0 Å². The number of aliphatic carboxylic acids is 1. The van der Waals surface area contributed by atoms with Gasteiger partial charge in [0.05, 0.1) is 29.7 Å². The molecular weight excluding hydrogens is 370 g/mol. The number of carbonyl (C=O) groups is 2. The van der Waals surface area contributed by atoms with E-state index in [0.29, 0.717) is 10.9 Å². The van der Waals surface area contributed by atoms with Crippen molar-refractivity contribution >= 4 is 22.8 Å². The van der Waals surface area contributed by atoms with Crippen molar-refractivity contribution < 1.29 is 14.7 Å². The number of para-hydroxylation sites is 1. The number of aromatic nitrogens is 2. The summed E-state index contributed by atoms with van der Waals surface area (Å²) < 4.78 is 1.40. The Labute approximate surface area is 168 Å². The van der Waals surface area contributed by atoms with Gasteiger partial charge < -0.3 is 10.4 Å². The van der Waals surface area contributed by atoms with Gasteiger partial charge in [-0.05, 0) is 36.6 Å². The van der Waals surface area contributed by atoms with Crippen LogP contribution in [0.15, 0.2) is 53.6 Å². The minimum atomic E-state index is -0.996. The SMILES string of the molecule is Cc1ccccc1C(CC(=O)O)NC(=O)CCn1cnc2c(C)cccc2c1=O. The molecule has 0 fully saturated rings. The number of amides is 1. The molecule has 0 aliphatic rings. The van der Waals surface area contributed by atoms with Gasteiger partial charge in [-0.15, -0.1) is 0 Å². The Balaban J connectivity index is 1.73. The minimum Gasteiger partial charge on any atom is -0.481 e. The highest BCUT2D eigenvalue weighted by atomic mass is 16.4. The van der Waals surface area contributed by atoms with E-state index in [1.165, 1.54) is 10.9 Å². The molecule has 1 aromatic heterocycles. The summed E-state index contributed by atoms with van der Waals surface area (Å²) in [4.78, 5) is 40.7. The van der Waals surface area contributed by atoms with Crippen molar-refractivity contribution in [2.24, 2.45) is 0 Å². The first-order valence-corrected chi connectivity index (χ1v) is 9.38. The van der Waals surface area contributed by atoms with Crippen molar-refractivity contribution in [2.45, 2.75) is 39.3 Å². The fraction of sp³-hybridized carbons (Fsp3) is 0.273. The number of aryl methyl sites for hydroxylation is 3. The van der Waals surface area contributed by atoms with E-state index < -0.39 is 12.0 Å². The highest BCUT2D eigenvalue weighted by Gasteiger charge is 2.19. The number of hydrogen-bond donors (Lipinski definition) is 2. The Kier molecular flexibility index (Phi) is 6.07. The zero-order valence-electron chi connectivity index (χ0n) is 16.4. The molecule has 150 valence electrons. The van der Waals surface area contributed by atoms with Crippen LogP contribution in [-0.4, -0.2) is 26.5 Å². The molecule has 29 heavy (non-hydrogen) atoms. The number of fused-ring (bicyclic) bond motifs is 1. The molecule has 1 amide bonds. The van der Waals surface area contributed by atoms with Gasteiger partial charge in [0, 0.05) is 13.0 Å². The fourth-order valence-corrected chi connectivity index (χ4v) is 3.38. The number of carboxylic acids is 1. The smallest absolute Gasteiger partial charge is 0.305 e. The zero-order chi connectivity index (χ0) is 21.0. The van der Waals surface area contributed by atoms with Crippen molar-refractivity contribution in [3.63, 3.8) is 0 Å². The van der Waals surface area contributed by atoms with Gasteiger partial charge in [-0.25, -0.2) is 4.98 Å². The molecule has 7 heteroatoms. The molecule has 0 aliphatic carbocycles. The Hall–Kier alpha value is -3.48. The predicted octanol–water partition coefficient (Wildman–Crippen LogP) is 2.74. The molecule has 3 rings (SSSR count). The molecule has 1 heterocycles. The summed E-state index contributed by atoms with van der Waals surface area (Å²) in [6.07, 6.45) is 1.27. The summed E-state index contributed by atoms with van der Waals surface area (Å²) in [6, 6.07) is 12.1. The third kappa shape index (κ3) is 4.68. The van der Waals surface area contributed by atoms with Crippen LogP contribution in [0, 0.1) is 13.8 Å². The lowest BCUT2D eigenvalue weighted by Crippen LogP contribution is -2.32. The maximum absolute atomic E-state index is 12.6. The topological polar surface area (TPSA) is 101 Å². The van der Waals surface area contributed by atoms with E-state index in [2.05, 4.69) is 10.3 Å². The monoisotopic (exact) mass is 393 g/mol. The molecule has 0 aliphatic heterocycles. The third-order valence-electron chi connectivity index (χ3n) is 4.91. The summed E-state index contributed by atoms with van der Waals surface area (Å²) in [5.41, 5.74) is 3.04. The predicted molar refractivity (Wildman–Crippen MR) is 110 cm³/mol. The molecule has 0 spiro atoms. The highest BCUT2D eigenvalue weighted by Crippen LogP contribution is 2.21. The number of nitrogens with zero attached hydrogens (tertiary/aromatic N) is 2. The maximum atomic E-state index is 12.6. The van der Waals surface area contributed by atoms with Crippen LogP contribution in [0.3, 0.4) is 0 Å². The van der Waals surface area contributed by atoms with Crippen LogP contribution in [0.25, 0.3) is 10.9 Å². The van der Waals surface area contributed by atoms with E-state index in [-0.39, 0.29) is 30.9 Å². The number of nitrogens with one attached hydrogen (secondary N) is 1. The van der Waals surface area contributed by atoms with E-state index in [1.54, 1.807) is 12.1 Å². The molecule has 3 aromatic rings. The van der Waals surface area contributed by atoms with Gasteiger partial charge >= 0.3 is 5.97 Å². The molecule has 7 nitrogen and oxygen atoms in total. The molecule has 2 N–H and O–H groups in total. The fourth-order valence-electron chi connectivity index (χ4n) is 3.38. The second-order valence-electron chi connectivity index (χ2n) is 7.04. The highest BCUT2D eigenvalue weighted by molar-refractivity contribution is 5.80. The Morgan fingerprint density at radius 3 is 2.55 bits per heavy atom. The first-order chi connectivity index (χ1) is 13.9. The molecule has 1 atom stereocenters. The molecule has 0 saturated carbocycles. The van der Waals surface area contributed by atoms with Crippen molar-refractivity contribution in [1.29, 1.82) is 0 Å². The molecule has 0 radical (unpaired) electrons. The van der Waals surface area contributed by atoms with Gasteiger partial charge in [0.2, 0.25) is 5.91 Å². The lowest BCUT2D eigenvalue weighted by Gasteiger charge is -2.19. The molecule has 2 aromatic carbocycles. The summed E-state index contributed by atoms with van der Waals surface area (Å²) in [7, 11) is 0. The standard InChI is InChI=1S/C22H23N3O4/c1-14-6-3-4-8-16(14)18(12-20(27)28)24-19(26)10-11-25-13-23-21-15(2)7-5-9-17(21)22(25)29/h3-9,13,18H,10-12H2,1-2H3,(H,24,26)(H,27,28). The molecule has 0 bridgehead atoms.